The van der Waals surface area contributed by atoms with E-state index in [1.54, 1.807) is 4.90 Å². The Morgan fingerprint density at radius 3 is 2.67 bits per heavy atom. The summed E-state index contributed by atoms with van der Waals surface area (Å²) in [4.78, 5) is 27.9. The minimum absolute atomic E-state index is 0.128. The first-order valence-corrected chi connectivity index (χ1v) is 7.99. The Hall–Kier alpha value is -1.30. The van der Waals surface area contributed by atoms with Crippen LogP contribution in [0.3, 0.4) is 0 Å². The van der Waals surface area contributed by atoms with Crippen LogP contribution in [0.15, 0.2) is 0 Å². The normalized spacial score (nSPS) is 29.1. The van der Waals surface area contributed by atoms with Crippen LogP contribution in [0.25, 0.3) is 0 Å². The Morgan fingerprint density at radius 2 is 2.05 bits per heavy atom. The van der Waals surface area contributed by atoms with Gasteiger partial charge < -0.3 is 20.0 Å². The van der Waals surface area contributed by atoms with Crippen molar-refractivity contribution in [2.45, 2.75) is 63.5 Å². The number of urea groups is 1. The van der Waals surface area contributed by atoms with Crippen LogP contribution < -0.4 is 0 Å². The van der Waals surface area contributed by atoms with Crippen molar-refractivity contribution in [1.82, 2.24) is 9.80 Å². The molecule has 21 heavy (non-hydrogen) atoms. The summed E-state index contributed by atoms with van der Waals surface area (Å²) in [6.07, 6.45) is 5.13. The predicted molar refractivity (Wildman–Crippen MR) is 78.0 cm³/mol. The van der Waals surface area contributed by atoms with Crippen LogP contribution in [0, 0.1) is 0 Å². The van der Waals surface area contributed by atoms with Crippen LogP contribution >= 0.6 is 0 Å². The van der Waals surface area contributed by atoms with E-state index in [9.17, 15) is 14.7 Å². The topological polar surface area (TPSA) is 81.1 Å². The van der Waals surface area contributed by atoms with Crippen molar-refractivity contribution in [2.75, 3.05) is 19.7 Å². The van der Waals surface area contributed by atoms with Gasteiger partial charge in [0.1, 0.15) is 5.54 Å². The van der Waals surface area contributed by atoms with E-state index < -0.39 is 11.5 Å². The lowest BCUT2D eigenvalue weighted by Gasteiger charge is -2.38. The summed E-state index contributed by atoms with van der Waals surface area (Å²) >= 11 is 0. The molecule has 2 aliphatic heterocycles. The number of rotatable bonds is 5. The van der Waals surface area contributed by atoms with E-state index >= 15 is 0 Å². The molecule has 2 unspecified atom stereocenters. The molecule has 0 bridgehead atoms. The highest BCUT2D eigenvalue weighted by Crippen LogP contribution is 2.35. The number of carboxylic acids is 1. The van der Waals surface area contributed by atoms with Crippen molar-refractivity contribution >= 4 is 12.0 Å². The van der Waals surface area contributed by atoms with Gasteiger partial charge in [-0.3, -0.25) is 0 Å². The van der Waals surface area contributed by atoms with Crippen molar-refractivity contribution < 1.29 is 19.8 Å². The fraction of sp³-hybridized carbons (Fsp3) is 0.867. The maximum absolute atomic E-state index is 12.8. The van der Waals surface area contributed by atoms with Crippen LogP contribution in [0.4, 0.5) is 4.79 Å². The Balaban J connectivity index is 2.12. The van der Waals surface area contributed by atoms with Crippen LogP contribution in [0.2, 0.25) is 0 Å². The summed E-state index contributed by atoms with van der Waals surface area (Å²) in [6.45, 7) is 3.20. The second-order valence-corrected chi connectivity index (χ2v) is 6.08. The SMILES string of the molecule is CCC1(C(=O)O)CCCN1C(=O)N1CCCC1CCCO. The van der Waals surface area contributed by atoms with Crippen LogP contribution in [-0.2, 0) is 4.79 Å². The molecule has 2 fully saturated rings. The molecule has 0 aliphatic carbocycles. The third-order valence-corrected chi connectivity index (χ3v) is 5.02. The van der Waals surface area contributed by atoms with Crippen molar-refractivity contribution in [3.05, 3.63) is 0 Å². The average molecular weight is 298 g/mol. The van der Waals surface area contributed by atoms with Gasteiger partial charge in [-0.1, -0.05) is 6.92 Å². The Morgan fingerprint density at radius 1 is 1.29 bits per heavy atom. The zero-order valence-corrected chi connectivity index (χ0v) is 12.8. The number of aliphatic carboxylic acids is 1. The Bertz CT molecular complexity index is 401. The van der Waals surface area contributed by atoms with Gasteiger partial charge in [0.25, 0.3) is 0 Å². The van der Waals surface area contributed by atoms with Crippen molar-refractivity contribution in [1.29, 1.82) is 0 Å². The number of nitrogens with zero attached hydrogens (tertiary/aromatic N) is 2. The number of hydrogen-bond donors (Lipinski definition) is 2. The first-order chi connectivity index (χ1) is 10.1. The Kier molecular flexibility index (Phi) is 5.08. The van der Waals surface area contributed by atoms with Gasteiger partial charge >= 0.3 is 12.0 Å². The number of aliphatic hydroxyl groups is 1. The van der Waals surface area contributed by atoms with Crippen molar-refractivity contribution in [2.24, 2.45) is 0 Å². The van der Waals surface area contributed by atoms with Gasteiger partial charge in [0.15, 0.2) is 0 Å². The third kappa shape index (κ3) is 2.86. The Labute approximate surface area is 125 Å². The molecule has 0 radical (unpaired) electrons. The molecule has 0 aromatic rings. The molecule has 6 nitrogen and oxygen atoms in total. The van der Waals surface area contributed by atoms with Gasteiger partial charge in [0, 0.05) is 25.7 Å². The fourth-order valence-electron chi connectivity index (χ4n) is 3.77. The lowest BCUT2D eigenvalue weighted by atomic mass is 9.93. The fourth-order valence-corrected chi connectivity index (χ4v) is 3.77. The highest BCUT2D eigenvalue weighted by Gasteiger charge is 2.50. The van der Waals surface area contributed by atoms with Gasteiger partial charge in [-0.25, -0.2) is 9.59 Å². The lowest BCUT2D eigenvalue weighted by molar-refractivity contribution is -0.148. The first kappa shape index (κ1) is 16.1. The van der Waals surface area contributed by atoms with Gasteiger partial charge in [0.05, 0.1) is 0 Å². The molecular formula is C15H26N2O4. The van der Waals surface area contributed by atoms with Crippen molar-refractivity contribution in [3.8, 4) is 0 Å². The van der Waals surface area contributed by atoms with Crippen molar-refractivity contribution in [3.63, 3.8) is 0 Å². The average Bonchev–Trinajstić information content (AvgIpc) is 3.11. The first-order valence-electron chi connectivity index (χ1n) is 7.99. The van der Waals surface area contributed by atoms with Gasteiger partial charge in [0.2, 0.25) is 0 Å². The number of amides is 2. The molecule has 2 N–H and O–H groups in total. The molecule has 120 valence electrons. The number of aliphatic hydroxyl groups excluding tert-OH is 1. The van der Waals surface area contributed by atoms with E-state index in [-0.39, 0.29) is 18.7 Å². The molecule has 2 rings (SSSR count). The molecule has 2 heterocycles. The number of carbonyl (C=O) groups excluding carboxylic acids is 1. The van der Waals surface area contributed by atoms with Crippen LogP contribution in [0.1, 0.15) is 51.9 Å². The van der Waals surface area contributed by atoms with E-state index in [0.29, 0.717) is 32.4 Å². The summed E-state index contributed by atoms with van der Waals surface area (Å²) < 4.78 is 0. The molecule has 0 saturated carbocycles. The summed E-state index contributed by atoms with van der Waals surface area (Å²) in [5.41, 5.74) is -1.03. The zero-order chi connectivity index (χ0) is 15.5. The van der Waals surface area contributed by atoms with E-state index in [4.69, 9.17) is 5.11 Å². The second kappa shape index (κ2) is 6.64. The molecule has 2 aliphatic rings. The molecular weight excluding hydrogens is 272 g/mol. The van der Waals surface area contributed by atoms with E-state index in [2.05, 4.69) is 0 Å². The lowest BCUT2D eigenvalue weighted by Crippen LogP contribution is -2.57. The maximum atomic E-state index is 12.8. The quantitative estimate of drug-likeness (QED) is 0.809. The minimum Gasteiger partial charge on any atom is -0.479 e. The maximum Gasteiger partial charge on any atom is 0.329 e. The number of likely N-dealkylation sites (tertiary alicyclic amines) is 2. The smallest absolute Gasteiger partial charge is 0.329 e. The highest BCUT2D eigenvalue weighted by atomic mass is 16.4. The third-order valence-electron chi connectivity index (χ3n) is 5.02. The zero-order valence-electron chi connectivity index (χ0n) is 12.8. The standard InChI is InChI=1S/C15H26N2O4/c1-2-15(13(19)20)8-5-10-17(15)14(21)16-9-3-6-12(16)7-4-11-18/h12,18H,2-11H2,1H3,(H,19,20). The number of hydrogen-bond acceptors (Lipinski definition) is 3. The molecule has 0 aromatic carbocycles. The van der Waals surface area contributed by atoms with Gasteiger partial charge in [-0.15, -0.1) is 0 Å². The second-order valence-electron chi connectivity index (χ2n) is 6.08. The van der Waals surface area contributed by atoms with Gasteiger partial charge in [-0.05, 0) is 44.9 Å². The van der Waals surface area contributed by atoms with E-state index in [1.165, 1.54) is 0 Å². The summed E-state index contributed by atoms with van der Waals surface area (Å²) in [7, 11) is 0. The predicted octanol–water partition coefficient (Wildman–Crippen LogP) is 1.67. The molecule has 0 spiro atoms. The number of carbonyl (C=O) groups is 2. The van der Waals surface area contributed by atoms with E-state index in [1.807, 2.05) is 11.8 Å². The van der Waals surface area contributed by atoms with Crippen LogP contribution in [-0.4, -0.2) is 63.3 Å². The molecule has 2 saturated heterocycles. The molecule has 6 heteroatoms. The number of carboxylic acid groups (broad SMARTS) is 1. The van der Waals surface area contributed by atoms with E-state index in [0.717, 1.165) is 25.7 Å². The largest absolute Gasteiger partial charge is 0.479 e. The molecule has 2 amide bonds. The summed E-state index contributed by atoms with van der Waals surface area (Å²) in [5, 5.41) is 18.6. The molecule has 2 atom stereocenters. The van der Waals surface area contributed by atoms with Gasteiger partial charge in [-0.2, -0.15) is 0 Å². The monoisotopic (exact) mass is 298 g/mol. The molecule has 0 aromatic heterocycles. The summed E-state index contributed by atoms with van der Waals surface area (Å²) in [6, 6.07) is 0.0193. The summed E-state index contributed by atoms with van der Waals surface area (Å²) in [5.74, 6) is -0.887. The highest BCUT2D eigenvalue weighted by molar-refractivity contribution is 5.87. The van der Waals surface area contributed by atoms with Crippen LogP contribution in [0.5, 0.6) is 0 Å². The minimum atomic E-state index is -1.03.